The van der Waals surface area contributed by atoms with Gasteiger partial charge in [0.05, 0.1) is 6.10 Å². The molecule has 1 saturated heterocycles. The van der Waals surface area contributed by atoms with Crippen LogP contribution in [0.25, 0.3) is 0 Å². The molecule has 0 spiro atoms. The summed E-state index contributed by atoms with van der Waals surface area (Å²) in [6.07, 6.45) is 5.60. The van der Waals surface area contributed by atoms with Crippen molar-refractivity contribution in [1.82, 2.24) is 4.90 Å². The Morgan fingerprint density at radius 2 is 2.21 bits per heavy atom. The fourth-order valence-electron chi connectivity index (χ4n) is 2.11. The summed E-state index contributed by atoms with van der Waals surface area (Å²) in [5.41, 5.74) is 5.63. The first-order valence-electron chi connectivity index (χ1n) is 5.74. The normalized spacial score (nSPS) is 27.2. The van der Waals surface area contributed by atoms with Crippen LogP contribution in [0.1, 0.15) is 32.6 Å². The summed E-state index contributed by atoms with van der Waals surface area (Å²) in [4.78, 5) is 2.52. The molecule has 0 aromatic carbocycles. The van der Waals surface area contributed by atoms with E-state index in [1.807, 2.05) is 0 Å². The number of likely N-dealkylation sites (tertiary alicyclic amines) is 1. The van der Waals surface area contributed by atoms with Crippen molar-refractivity contribution in [1.29, 1.82) is 0 Å². The highest BCUT2D eigenvalue weighted by molar-refractivity contribution is 4.75. The number of hydrogen-bond donors (Lipinski definition) is 1. The Morgan fingerprint density at radius 1 is 1.43 bits per heavy atom. The molecule has 0 amide bonds. The minimum atomic E-state index is 0.204. The van der Waals surface area contributed by atoms with E-state index in [1.54, 1.807) is 7.11 Å². The van der Waals surface area contributed by atoms with Gasteiger partial charge in [-0.2, -0.15) is 0 Å². The quantitative estimate of drug-likeness (QED) is 0.741. The van der Waals surface area contributed by atoms with Crippen LogP contribution in [-0.4, -0.2) is 43.8 Å². The highest BCUT2D eigenvalue weighted by atomic mass is 16.5. The SMILES string of the molecule is COC(CN)CN1CCCCCC1C. The first-order chi connectivity index (χ1) is 6.77. The monoisotopic (exact) mass is 200 g/mol. The van der Waals surface area contributed by atoms with Gasteiger partial charge < -0.3 is 10.5 Å². The molecule has 1 heterocycles. The van der Waals surface area contributed by atoms with E-state index < -0.39 is 0 Å². The molecule has 2 N–H and O–H groups in total. The van der Waals surface area contributed by atoms with Crippen LogP contribution in [0.2, 0.25) is 0 Å². The molecule has 0 radical (unpaired) electrons. The fraction of sp³-hybridized carbons (Fsp3) is 1.00. The molecule has 0 saturated carbocycles. The minimum Gasteiger partial charge on any atom is -0.379 e. The van der Waals surface area contributed by atoms with E-state index >= 15 is 0 Å². The first kappa shape index (κ1) is 12.0. The topological polar surface area (TPSA) is 38.5 Å². The van der Waals surface area contributed by atoms with E-state index in [9.17, 15) is 0 Å². The maximum atomic E-state index is 5.63. The van der Waals surface area contributed by atoms with Gasteiger partial charge in [-0.3, -0.25) is 4.90 Å². The number of rotatable bonds is 4. The molecule has 0 aliphatic carbocycles. The summed E-state index contributed by atoms with van der Waals surface area (Å²) in [6, 6.07) is 0.696. The Morgan fingerprint density at radius 3 is 2.86 bits per heavy atom. The van der Waals surface area contributed by atoms with E-state index in [1.165, 1.54) is 32.2 Å². The summed E-state index contributed by atoms with van der Waals surface area (Å²) in [6.45, 7) is 5.14. The van der Waals surface area contributed by atoms with Crippen LogP contribution < -0.4 is 5.73 Å². The highest BCUT2D eigenvalue weighted by Crippen LogP contribution is 2.16. The second-order valence-electron chi connectivity index (χ2n) is 4.29. The van der Waals surface area contributed by atoms with Gasteiger partial charge in [0.15, 0.2) is 0 Å². The van der Waals surface area contributed by atoms with E-state index in [0.29, 0.717) is 12.6 Å². The van der Waals surface area contributed by atoms with Gasteiger partial charge in [-0.1, -0.05) is 12.8 Å². The van der Waals surface area contributed by atoms with Gasteiger partial charge in [0.2, 0.25) is 0 Å². The van der Waals surface area contributed by atoms with E-state index in [0.717, 1.165) is 6.54 Å². The maximum Gasteiger partial charge on any atom is 0.0820 e. The molecule has 2 atom stereocenters. The highest BCUT2D eigenvalue weighted by Gasteiger charge is 2.19. The van der Waals surface area contributed by atoms with Gasteiger partial charge in [0, 0.05) is 26.2 Å². The average Bonchev–Trinajstić information content (AvgIpc) is 2.40. The zero-order chi connectivity index (χ0) is 10.4. The van der Waals surface area contributed by atoms with Crippen molar-refractivity contribution < 1.29 is 4.74 Å². The van der Waals surface area contributed by atoms with Crippen LogP contribution in [0.5, 0.6) is 0 Å². The fourth-order valence-corrected chi connectivity index (χ4v) is 2.11. The van der Waals surface area contributed by atoms with E-state index in [2.05, 4.69) is 11.8 Å². The first-order valence-corrected chi connectivity index (χ1v) is 5.74. The molecule has 3 nitrogen and oxygen atoms in total. The summed E-state index contributed by atoms with van der Waals surface area (Å²) in [5, 5.41) is 0. The summed E-state index contributed by atoms with van der Waals surface area (Å²) in [5.74, 6) is 0. The lowest BCUT2D eigenvalue weighted by Gasteiger charge is -2.29. The molecule has 1 aliphatic rings. The molecule has 84 valence electrons. The average molecular weight is 200 g/mol. The largest absolute Gasteiger partial charge is 0.379 e. The summed E-state index contributed by atoms with van der Waals surface area (Å²) < 4.78 is 5.32. The van der Waals surface area contributed by atoms with Gasteiger partial charge in [-0.05, 0) is 26.3 Å². The lowest BCUT2D eigenvalue weighted by Crippen LogP contribution is -2.42. The van der Waals surface area contributed by atoms with Crippen molar-refractivity contribution >= 4 is 0 Å². The van der Waals surface area contributed by atoms with Crippen molar-refractivity contribution in [2.75, 3.05) is 26.7 Å². The predicted octanol–water partition coefficient (Wildman–Crippen LogP) is 1.22. The number of methoxy groups -OCH3 is 1. The molecule has 0 aromatic heterocycles. The molecule has 1 fully saturated rings. The van der Waals surface area contributed by atoms with E-state index in [4.69, 9.17) is 10.5 Å². The third-order valence-corrected chi connectivity index (χ3v) is 3.22. The Hall–Kier alpha value is -0.120. The Bertz CT molecular complexity index is 148. The maximum absolute atomic E-state index is 5.63. The lowest BCUT2D eigenvalue weighted by molar-refractivity contribution is 0.0575. The number of ether oxygens (including phenoxy) is 1. The minimum absolute atomic E-state index is 0.204. The van der Waals surface area contributed by atoms with Gasteiger partial charge in [-0.15, -0.1) is 0 Å². The lowest BCUT2D eigenvalue weighted by atomic mass is 10.1. The van der Waals surface area contributed by atoms with Crippen LogP contribution in [-0.2, 0) is 4.74 Å². The van der Waals surface area contributed by atoms with Crippen LogP contribution in [0, 0.1) is 0 Å². The Labute approximate surface area is 87.6 Å². The standard InChI is InChI=1S/C11H24N2O/c1-10-6-4-3-5-7-13(10)9-11(8-12)14-2/h10-11H,3-9,12H2,1-2H3. The van der Waals surface area contributed by atoms with Crippen molar-refractivity contribution in [3.05, 3.63) is 0 Å². The molecule has 0 aromatic rings. The van der Waals surface area contributed by atoms with Crippen molar-refractivity contribution in [2.45, 2.75) is 44.8 Å². The van der Waals surface area contributed by atoms with Gasteiger partial charge >= 0.3 is 0 Å². The molecule has 14 heavy (non-hydrogen) atoms. The Kier molecular flexibility index (Phi) is 5.45. The summed E-state index contributed by atoms with van der Waals surface area (Å²) in [7, 11) is 1.75. The van der Waals surface area contributed by atoms with Crippen molar-refractivity contribution in [3.8, 4) is 0 Å². The zero-order valence-electron chi connectivity index (χ0n) is 9.54. The van der Waals surface area contributed by atoms with Crippen LogP contribution in [0.3, 0.4) is 0 Å². The van der Waals surface area contributed by atoms with Gasteiger partial charge in [0.25, 0.3) is 0 Å². The Balaban J connectivity index is 2.39. The smallest absolute Gasteiger partial charge is 0.0820 e. The van der Waals surface area contributed by atoms with Gasteiger partial charge in [0.1, 0.15) is 0 Å². The second-order valence-corrected chi connectivity index (χ2v) is 4.29. The molecule has 2 unspecified atom stereocenters. The molecule has 1 rings (SSSR count). The molecule has 0 bridgehead atoms. The number of hydrogen-bond acceptors (Lipinski definition) is 3. The number of nitrogens with two attached hydrogens (primary N) is 1. The second kappa shape index (κ2) is 6.38. The third-order valence-electron chi connectivity index (χ3n) is 3.22. The predicted molar refractivity (Wildman–Crippen MR) is 59.4 cm³/mol. The number of nitrogens with zero attached hydrogens (tertiary/aromatic N) is 1. The zero-order valence-corrected chi connectivity index (χ0v) is 9.54. The van der Waals surface area contributed by atoms with Crippen LogP contribution >= 0.6 is 0 Å². The molecule has 3 heteroatoms. The van der Waals surface area contributed by atoms with Crippen molar-refractivity contribution in [3.63, 3.8) is 0 Å². The summed E-state index contributed by atoms with van der Waals surface area (Å²) >= 11 is 0. The van der Waals surface area contributed by atoms with Crippen LogP contribution in [0.15, 0.2) is 0 Å². The van der Waals surface area contributed by atoms with Crippen LogP contribution in [0.4, 0.5) is 0 Å². The third kappa shape index (κ3) is 3.56. The molecular formula is C11H24N2O. The molecule has 1 aliphatic heterocycles. The van der Waals surface area contributed by atoms with Gasteiger partial charge in [-0.25, -0.2) is 0 Å². The van der Waals surface area contributed by atoms with E-state index in [-0.39, 0.29) is 6.10 Å². The molecular weight excluding hydrogens is 176 g/mol. The van der Waals surface area contributed by atoms with Crippen molar-refractivity contribution in [2.24, 2.45) is 5.73 Å².